The summed E-state index contributed by atoms with van der Waals surface area (Å²) in [4.78, 5) is 25.6. The van der Waals surface area contributed by atoms with E-state index in [0.29, 0.717) is 19.0 Å². The first-order valence-electron chi connectivity index (χ1n) is 7.80. The Bertz CT molecular complexity index is 318. The second-order valence-corrected chi connectivity index (χ2v) is 5.85. The van der Waals surface area contributed by atoms with E-state index in [9.17, 15) is 9.59 Å². The monoisotopic (exact) mass is 283 g/mol. The topological polar surface area (TPSA) is 75.4 Å². The van der Waals surface area contributed by atoms with E-state index in [2.05, 4.69) is 5.32 Å². The highest BCUT2D eigenvalue weighted by Gasteiger charge is 2.29. The number of amides is 2. The van der Waals surface area contributed by atoms with E-state index in [-0.39, 0.29) is 24.3 Å². The average molecular weight is 283 g/mol. The fourth-order valence-corrected chi connectivity index (χ4v) is 2.94. The summed E-state index contributed by atoms with van der Waals surface area (Å²) in [5.74, 6) is 0.685. The van der Waals surface area contributed by atoms with Crippen LogP contribution < -0.4 is 11.1 Å². The molecule has 0 aliphatic heterocycles. The van der Waals surface area contributed by atoms with E-state index in [1.54, 1.807) is 11.9 Å². The molecule has 5 heteroatoms. The highest BCUT2D eigenvalue weighted by molar-refractivity contribution is 5.85. The second-order valence-electron chi connectivity index (χ2n) is 5.85. The Hall–Kier alpha value is -1.10. The van der Waals surface area contributed by atoms with Crippen LogP contribution in [0.25, 0.3) is 0 Å². The lowest BCUT2D eigenvalue weighted by atomic mass is 9.79. The maximum absolute atomic E-state index is 12.4. The van der Waals surface area contributed by atoms with Gasteiger partial charge in [-0.2, -0.15) is 0 Å². The van der Waals surface area contributed by atoms with Crippen LogP contribution in [0, 0.1) is 11.8 Å². The minimum Gasteiger partial charge on any atom is -0.355 e. The van der Waals surface area contributed by atoms with Crippen LogP contribution >= 0.6 is 0 Å². The van der Waals surface area contributed by atoms with Gasteiger partial charge in [0, 0.05) is 19.5 Å². The predicted molar refractivity (Wildman–Crippen MR) is 80.1 cm³/mol. The first kappa shape index (κ1) is 17.0. The Balaban J connectivity index is 2.41. The third kappa shape index (κ3) is 5.49. The normalized spacial score (nSPS) is 22.4. The molecule has 1 rings (SSSR count). The Morgan fingerprint density at radius 2 is 2.10 bits per heavy atom. The molecule has 1 aliphatic carbocycles. The SMILES string of the molecule is CCCNC(=O)CN(C)C(=O)C1CCCC(CCN)C1. The lowest BCUT2D eigenvalue weighted by Gasteiger charge is -2.30. The number of likely N-dealkylation sites (N-methyl/N-ethyl adjacent to an activating group) is 1. The second kappa shape index (κ2) is 8.95. The molecule has 2 atom stereocenters. The van der Waals surface area contributed by atoms with Gasteiger partial charge in [-0.3, -0.25) is 9.59 Å². The van der Waals surface area contributed by atoms with Gasteiger partial charge in [0.05, 0.1) is 6.54 Å². The largest absolute Gasteiger partial charge is 0.355 e. The van der Waals surface area contributed by atoms with Gasteiger partial charge in [0.2, 0.25) is 11.8 Å². The first-order chi connectivity index (χ1) is 9.58. The fourth-order valence-electron chi connectivity index (χ4n) is 2.94. The summed E-state index contributed by atoms with van der Waals surface area (Å²) in [5.41, 5.74) is 5.60. The number of hydrogen-bond acceptors (Lipinski definition) is 3. The molecule has 1 fully saturated rings. The molecule has 0 aromatic rings. The van der Waals surface area contributed by atoms with Crippen LogP contribution in [0.4, 0.5) is 0 Å². The predicted octanol–water partition coefficient (Wildman–Crippen LogP) is 1.13. The maximum Gasteiger partial charge on any atom is 0.239 e. The minimum atomic E-state index is -0.0722. The molecule has 0 radical (unpaired) electrons. The van der Waals surface area contributed by atoms with Crippen molar-refractivity contribution >= 4 is 11.8 Å². The summed E-state index contributed by atoms with van der Waals surface area (Å²) in [6, 6.07) is 0. The highest BCUT2D eigenvalue weighted by atomic mass is 16.2. The lowest BCUT2D eigenvalue weighted by Crippen LogP contribution is -2.42. The van der Waals surface area contributed by atoms with E-state index in [1.165, 1.54) is 6.42 Å². The smallest absolute Gasteiger partial charge is 0.239 e. The number of hydrogen-bond donors (Lipinski definition) is 2. The third-order valence-corrected chi connectivity index (χ3v) is 4.04. The Kier molecular flexibility index (Phi) is 7.59. The summed E-state index contributed by atoms with van der Waals surface area (Å²) < 4.78 is 0. The Morgan fingerprint density at radius 1 is 1.35 bits per heavy atom. The van der Waals surface area contributed by atoms with Crippen molar-refractivity contribution in [2.24, 2.45) is 17.6 Å². The summed E-state index contributed by atoms with van der Waals surface area (Å²) in [7, 11) is 1.72. The zero-order valence-corrected chi connectivity index (χ0v) is 12.9. The van der Waals surface area contributed by atoms with Gasteiger partial charge in [-0.05, 0) is 38.1 Å². The molecule has 0 saturated heterocycles. The van der Waals surface area contributed by atoms with Crippen molar-refractivity contribution in [2.45, 2.75) is 45.4 Å². The van der Waals surface area contributed by atoms with Gasteiger partial charge in [0.1, 0.15) is 0 Å². The van der Waals surface area contributed by atoms with Crippen molar-refractivity contribution in [3.05, 3.63) is 0 Å². The number of carbonyl (C=O) groups excluding carboxylic acids is 2. The van der Waals surface area contributed by atoms with Crippen molar-refractivity contribution in [3.63, 3.8) is 0 Å². The van der Waals surface area contributed by atoms with Gasteiger partial charge in [-0.1, -0.05) is 19.8 Å². The fraction of sp³-hybridized carbons (Fsp3) is 0.867. The molecular formula is C15H29N3O2. The molecule has 5 nitrogen and oxygen atoms in total. The van der Waals surface area contributed by atoms with Crippen LogP contribution in [0.5, 0.6) is 0 Å². The summed E-state index contributed by atoms with van der Waals surface area (Å²) in [6.07, 6.45) is 6.06. The molecular weight excluding hydrogens is 254 g/mol. The molecule has 0 aromatic heterocycles. The van der Waals surface area contributed by atoms with E-state index in [4.69, 9.17) is 5.73 Å². The number of nitrogens with two attached hydrogens (primary N) is 1. The zero-order chi connectivity index (χ0) is 15.0. The molecule has 116 valence electrons. The highest BCUT2D eigenvalue weighted by Crippen LogP contribution is 2.31. The molecule has 1 aliphatic rings. The van der Waals surface area contributed by atoms with Crippen LogP contribution in [-0.4, -0.2) is 43.4 Å². The van der Waals surface area contributed by atoms with Gasteiger partial charge in [-0.15, -0.1) is 0 Å². The van der Waals surface area contributed by atoms with Crippen LogP contribution in [0.15, 0.2) is 0 Å². The zero-order valence-electron chi connectivity index (χ0n) is 12.9. The lowest BCUT2D eigenvalue weighted by molar-refractivity contribution is -0.139. The van der Waals surface area contributed by atoms with Crippen molar-refractivity contribution in [1.29, 1.82) is 0 Å². The maximum atomic E-state index is 12.4. The third-order valence-electron chi connectivity index (χ3n) is 4.04. The minimum absolute atomic E-state index is 0.0722. The van der Waals surface area contributed by atoms with E-state index in [0.717, 1.165) is 32.1 Å². The average Bonchev–Trinajstić information content (AvgIpc) is 2.45. The van der Waals surface area contributed by atoms with Crippen molar-refractivity contribution < 1.29 is 9.59 Å². The standard InChI is InChI=1S/C15H29N3O2/c1-3-9-17-14(19)11-18(2)15(20)13-6-4-5-12(10-13)7-8-16/h12-13H,3-11,16H2,1-2H3,(H,17,19). The molecule has 1 saturated carbocycles. The molecule has 20 heavy (non-hydrogen) atoms. The van der Waals surface area contributed by atoms with Crippen LogP contribution in [0.2, 0.25) is 0 Å². The molecule has 0 spiro atoms. The van der Waals surface area contributed by atoms with Crippen molar-refractivity contribution in [2.75, 3.05) is 26.7 Å². The van der Waals surface area contributed by atoms with E-state index in [1.807, 2.05) is 6.92 Å². The number of carbonyl (C=O) groups is 2. The van der Waals surface area contributed by atoms with Crippen molar-refractivity contribution in [3.8, 4) is 0 Å². The van der Waals surface area contributed by atoms with Gasteiger partial charge in [0.25, 0.3) is 0 Å². The summed E-state index contributed by atoms with van der Waals surface area (Å²) in [6.45, 7) is 3.54. The van der Waals surface area contributed by atoms with Crippen LogP contribution in [0.3, 0.4) is 0 Å². The number of nitrogens with one attached hydrogen (secondary N) is 1. The van der Waals surface area contributed by atoms with Gasteiger partial charge in [-0.25, -0.2) is 0 Å². The van der Waals surface area contributed by atoms with Crippen LogP contribution in [-0.2, 0) is 9.59 Å². The number of nitrogens with zero attached hydrogens (tertiary/aromatic N) is 1. The molecule has 2 amide bonds. The molecule has 0 bridgehead atoms. The molecule has 0 aromatic carbocycles. The molecule has 2 unspecified atom stereocenters. The van der Waals surface area contributed by atoms with E-state index >= 15 is 0 Å². The molecule has 3 N–H and O–H groups in total. The van der Waals surface area contributed by atoms with Gasteiger partial charge < -0.3 is 16.0 Å². The Morgan fingerprint density at radius 3 is 2.75 bits per heavy atom. The number of rotatable bonds is 7. The van der Waals surface area contributed by atoms with Crippen molar-refractivity contribution in [1.82, 2.24) is 10.2 Å². The Labute approximate surface area is 122 Å². The summed E-state index contributed by atoms with van der Waals surface area (Å²) >= 11 is 0. The van der Waals surface area contributed by atoms with Gasteiger partial charge >= 0.3 is 0 Å². The van der Waals surface area contributed by atoms with Gasteiger partial charge in [0.15, 0.2) is 0 Å². The van der Waals surface area contributed by atoms with E-state index < -0.39 is 0 Å². The molecule has 0 heterocycles. The summed E-state index contributed by atoms with van der Waals surface area (Å²) in [5, 5.41) is 2.80. The van der Waals surface area contributed by atoms with Crippen LogP contribution in [0.1, 0.15) is 45.4 Å². The first-order valence-corrected chi connectivity index (χ1v) is 7.80. The quantitative estimate of drug-likeness (QED) is 0.735.